The molecule has 1 fully saturated rings. The molecule has 1 heterocycles. The first-order valence-corrected chi connectivity index (χ1v) is 16.0. The number of carbonyl (C=O) groups excluding carboxylic acids is 1. The lowest BCUT2D eigenvalue weighted by Crippen LogP contribution is -2.48. The molecule has 3 aromatic carbocycles. The molecule has 0 bridgehead atoms. The van der Waals surface area contributed by atoms with Crippen LogP contribution in [0.2, 0.25) is 0 Å². The number of hydrogen-bond acceptors (Lipinski definition) is 6. The summed E-state index contributed by atoms with van der Waals surface area (Å²) in [6.45, 7) is 4.89. The normalized spacial score (nSPS) is 15.7. The van der Waals surface area contributed by atoms with Crippen LogP contribution in [0, 0.1) is 0 Å². The second-order valence-corrected chi connectivity index (χ2v) is 13.6. The third-order valence-corrected chi connectivity index (χ3v) is 9.78. The summed E-state index contributed by atoms with van der Waals surface area (Å²) in [6.07, 6.45) is 3.49. The van der Waals surface area contributed by atoms with Gasteiger partial charge in [0, 0.05) is 50.7 Å². The molecule has 10 heteroatoms. The standard InChI is InChI=1S/C29H33N3O5S2/c1-23(25-8-12-27(13-9-25)38(2,34)35)22-29(33)30-26-10-14-28(15-11-26)39(36,37)32-20-18-31(19-21-32)17-16-24-6-4-3-5-7-24/h3-15,22H,16-21H2,1-2H3,(H,30,33). The highest BCUT2D eigenvalue weighted by Gasteiger charge is 2.28. The molecule has 206 valence electrons. The van der Waals surface area contributed by atoms with Crippen LogP contribution in [-0.4, -0.2) is 70.9 Å². The van der Waals surface area contributed by atoms with Crippen molar-refractivity contribution in [2.45, 2.75) is 23.1 Å². The Morgan fingerprint density at radius 1 is 0.821 bits per heavy atom. The second kappa shape index (κ2) is 12.3. The van der Waals surface area contributed by atoms with Crippen LogP contribution in [0.15, 0.2) is 94.7 Å². The summed E-state index contributed by atoms with van der Waals surface area (Å²) in [5.74, 6) is -0.373. The Morgan fingerprint density at radius 2 is 1.41 bits per heavy atom. The van der Waals surface area contributed by atoms with Gasteiger partial charge in [0.1, 0.15) is 0 Å². The van der Waals surface area contributed by atoms with Gasteiger partial charge in [0.15, 0.2) is 9.84 Å². The highest BCUT2D eigenvalue weighted by molar-refractivity contribution is 7.90. The first-order chi connectivity index (χ1) is 18.5. The van der Waals surface area contributed by atoms with Crippen molar-refractivity contribution in [3.8, 4) is 0 Å². The largest absolute Gasteiger partial charge is 0.323 e. The Balaban J connectivity index is 1.31. The Bertz CT molecular complexity index is 1530. The van der Waals surface area contributed by atoms with Crippen molar-refractivity contribution in [3.05, 3.63) is 96.1 Å². The first kappa shape index (κ1) is 28.7. The van der Waals surface area contributed by atoms with Gasteiger partial charge in [-0.25, -0.2) is 16.8 Å². The highest BCUT2D eigenvalue weighted by atomic mass is 32.2. The lowest BCUT2D eigenvalue weighted by atomic mass is 10.1. The molecule has 1 aliphatic heterocycles. The molecular weight excluding hydrogens is 534 g/mol. The molecule has 0 spiro atoms. The highest BCUT2D eigenvalue weighted by Crippen LogP contribution is 2.21. The summed E-state index contributed by atoms with van der Waals surface area (Å²) in [5.41, 5.74) is 3.13. The zero-order valence-electron chi connectivity index (χ0n) is 22.1. The van der Waals surface area contributed by atoms with Gasteiger partial charge < -0.3 is 10.2 Å². The molecule has 0 radical (unpaired) electrons. The van der Waals surface area contributed by atoms with E-state index in [1.54, 1.807) is 31.2 Å². The summed E-state index contributed by atoms with van der Waals surface area (Å²) in [6, 6.07) is 22.7. The maximum Gasteiger partial charge on any atom is 0.248 e. The quantitative estimate of drug-likeness (QED) is 0.396. The van der Waals surface area contributed by atoms with Crippen molar-refractivity contribution in [1.82, 2.24) is 9.21 Å². The average molecular weight is 568 g/mol. The second-order valence-electron chi connectivity index (χ2n) is 9.62. The molecule has 1 saturated heterocycles. The van der Waals surface area contributed by atoms with Crippen molar-refractivity contribution < 1.29 is 21.6 Å². The minimum Gasteiger partial charge on any atom is -0.323 e. The smallest absolute Gasteiger partial charge is 0.248 e. The Labute approximate surface area is 230 Å². The molecule has 0 unspecified atom stereocenters. The molecule has 39 heavy (non-hydrogen) atoms. The molecule has 3 aromatic rings. The van der Waals surface area contributed by atoms with E-state index in [9.17, 15) is 21.6 Å². The number of sulfonamides is 1. The van der Waals surface area contributed by atoms with Crippen LogP contribution in [0.4, 0.5) is 5.69 Å². The molecular formula is C29H33N3O5S2. The van der Waals surface area contributed by atoms with E-state index in [-0.39, 0.29) is 15.7 Å². The van der Waals surface area contributed by atoms with Crippen LogP contribution in [0.3, 0.4) is 0 Å². The van der Waals surface area contributed by atoms with Gasteiger partial charge in [-0.15, -0.1) is 0 Å². The lowest BCUT2D eigenvalue weighted by molar-refractivity contribution is -0.111. The fourth-order valence-corrected chi connectivity index (χ4v) is 6.46. The van der Waals surface area contributed by atoms with Crippen LogP contribution in [0.5, 0.6) is 0 Å². The Hall–Kier alpha value is -3.31. The molecule has 1 N–H and O–H groups in total. The average Bonchev–Trinajstić information content (AvgIpc) is 2.92. The zero-order valence-corrected chi connectivity index (χ0v) is 23.7. The van der Waals surface area contributed by atoms with E-state index in [2.05, 4.69) is 22.3 Å². The van der Waals surface area contributed by atoms with E-state index < -0.39 is 19.9 Å². The van der Waals surface area contributed by atoms with Crippen molar-refractivity contribution in [2.75, 3.05) is 44.3 Å². The van der Waals surface area contributed by atoms with Crippen molar-refractivity contribution in [3.63, 3.8) is 0 Å². The van der Waals surface area contributed by atoms with E-state index in [4.69, 9.17) is 0 Å². The van der Waals surface area contributed by atoms with Gasteiger partial charge in [-0.3, -0.25) is 4.79 Å². The van der Waals surface area contributed by atoms with Crippen LogP contribution in [0.1, 0.15) is 18.1 Å². The van der Waals surface area contributed by atoms with Crippen molar-refractivity contribution in [2.24, 2.45) is 0 Å². The molecule has 8 nitrogen and oxygen atoms in total. The fourth-order valence-electron chi connectivity index (χ4n) is 4.41. The SMILES string of the molecule is CC(=CC(=O)Nc1ccc(S(=O)(=O)N2CCN(CCc3ccccc3)CC2)cc1)c1ccc(S(C)(=O)=O)cc1. The van der Waals surface area contributed by atoms with Gasteiger partial charge in [0.05, 0.1) is 9.79 Å². The number of carbonyl (C=O) groups is 1. The predicted molar refractivity (Wildman–Crippen MR) is 154 cm³/mol. The van der Waals surface area contributed by atoms with Gasteiger partial charge in [0.25, 0.3) is 0 Å². The third kappa shape index (κ3) is 7.63. The number of nitrogens with zero attached hydrogens (tertiary/aromatic N) is 2. The van der Waals surface area contributed by atoms with E-state index >= 15 is 0 Å². The zero-order chi connectivity index (χ0) is 28.0. The third-order valence-electron chi connectivity index (χ3n) is 6.74. The van der Waals surface area contributed by atoms with Gasteiger partial charge in [-0.1, -0.05) is 42.5 Å². The molecule has 0 aromatic heterocycles. The monoisotopic (exact) mass is 567 g/mol. The van der Waals surface area contributed by atoms with Gasteiger partial charge >= 0.3 is 0 Å². The Kier molecular flexibility index (Phi) is 9.01. The summed E-state index contributed by atoms with van der Waals surface area (Å²) >= 11 is 0. The minimum absolute atomic E-state index is 0.191. The molecule has 4 rings (SSSR count). The number of hydrogen-bond donors (Lipinski definition) is 1. The Morgan fingerprint density at radius 3 is 2.00 bits per heavy atom. The maximum atomic E-state index is 13.2. The van der Waals surface area contributed by atoms with Gasteiger partial charge in [0.2, 0.25) is 15.9 Å². The topological polar surface area (TPSA) is 104 Å². The number of nitrogens with one attached hydrogen (secondary N) is 1. The summed E-state index contributed by atoms with van der Waals surface area (Å²) in [7, 11) is -6.92. The van der Waals surface area contributed by atoms with E-state index in [0.717, 1.165) is 24.8 Å². The number of allylic oxidation sites excluding steroid dienone is 1. The number of amides is 1. The number of benzene rings is 3. The van der Waals surface area contributed by atoms with Gasteiger partial charge in [-0.05, 0) is 66.4 Å². The van der Waals surface area contributed by atoms with Crippen LogP contribution in [-0.2, 0) is 31.1 Å². The van der Waals surface area contributed by atoms with Crippen molar-refractivity contribution in [1.29, 1.82) is 0 Å². The molecule has 1 amide bonds. The fraction of sp³-hybridized carbons (Fsp3) is 0.276. The molecule has 0 aliphatic carbocycles. The molecule has 0 saturated carbocycles. The van der Waals surface area contributed by atoms with E-state index in [1.165, 1.54) is 40.2 Å². The summed E-state index contributed by atoms with van der Waals surface area (Å²) < 4.78 is 51.1. The lowest BCUT2D eigenvalue weighted by Gasteiger charge is -2.34. The molecule has 0 atom stereocenters. The summed E-state index contributed by atoms with van der Waals surface area (Å²) in [5, 5.41) is 2.74. The van der Waals surface area contributed by atoms with E-state index in [1.807, 2.05) is 18.2 Å². The number of sulfone groups is 1. The van der Waals surface area contributed by atoms with Crippen molar-refractivity contribution >= 4 is 37.0 Å². The maximum absolute atomic E-state index is 13.2. The summed E-state index contributed by atoms with van der Waals surface area (Å²) in [4.78, 5) is 15.2. The van der Waals surface area contributed by atoms with E-state index in [0.29, 0.717) is 37.4 Å². The van der Waals surface area contributed by atoms with Crippen LogP contribution in [0.25, 0.3) is 5.57 Å². The number of rotatable bonds is 9. The first-order valence-electron chi connectivity index (χ1n) is 12.7. The van der Waals surface area contributed by atoms with Crippen LogP contribution < -0.4 is 5.32 Å². The number of piperazine rings is 1. The predicted octanol–water partition coefficient (Wildman–Crippen LogP) is 3.68. The molecule has 1 aliphatic rings. The minimum atomic E-state index is -3.63. The number of anilines is 1. The van der Waals surface area contributed by atoms with Crippen LogP contribution >= 0.6 is 0 Å². The van der Waals surface area contributed by atoms with Gasteiger partial charge in [-0.2, -0.15) is 4.31 Å².